The van der Waals surface area contributed by atoms with Gasteiger partial charge in [-0.3, -0.25) is 4.79 Å². The number of fused-ring (bicyclic) bond motifs is 2. The van der Waals surface area contributed by atoms with E-state index >= 15 is 0 Å². The van der Waals surface area contributed by atoms with Crippen molar-refractivity contribution in [1.29, 1.82) is 0 Å². The Labute approximate surface area is 394 Å². The molecule has 0 saturated heterocycles. The van der Waals surface area contributed by atoms with Crippen molar-refractivity contribution in [3.05, 3.63) is 95.8 Å². The highest BCUT2D eigenvalue weighted by Gasteiger charge is 2.48. The van der Waals surface area contributed by atoms with E-state index in [9.17, 15) is 48.8 Å². The van der Waals surface area contributed by atoms with Crippen LogP contribution in [0.3, 0.4) is 0 Å². The second-order valence-electron chi connectivity index (χ2n) is 16.4. The minimum atomic E-state index is -4.83. The summed E-state index contributed by atoms with van der Waals surface area (Å²) in [4.78, 5) is 12.5. The Balaban J connectivity index is 1.65. The Morgan fingerprint density at radius 1 is 0.687 bits per heavy atom. The molecule has 0 radical (unpaired) electrons. The zero-order chi connectivity index (χ0) is 49.3. The number of hydrogen-bond donors (Lipinski definition) is 1. The number of anilines is 1. The molecule has 21 heteroatoms. The summed E-state index contributed by atoms with van der Waals surface area (Å²) in [6, 6.07) is 8.39. The van der Waals surface area contributed by atoms with Crippen LogP contribution in [0.2, 0.25) is 0 Å². The fourth-order valence-corrected chi connectivity index (χ4v) is 9.83. The summed E-state index contributed by atoms with van der Waals surface area (Å²) in [7, 11) is -11.1. The molecule has 2 atom stereocenters. The molecule has 0 aliphatic carbocycles. The first-order valence-electron chi connectivity index (χ1n) is 21.9. The quantitative estimate of drug-likeness (QED) is 0.0456. The van der Waals surface area contributed by atoms with Crippen molar-refractivity contribution in [2.75, 3.05) is 90.8 Å². The van der Waals surface area contributed by atoms with E-state index < -0.39 is 57.8 Å². The van der Waals surface area contributed by atoms with Crippen molar-refractivity contribution in [3.63, 3.8) is 0 Å². The van der Waals surface area contributed by atoms with E-state index in [2.05, 4.69) is 4.90 Å². The minimum absolute atomic E-state index is 0.0264. The van der Waals surface area contributed by atoms with Crippen molar-refractivity contribution in [2.45, 2.75) is 79.4 Å². The summed E-state index contributed by atoms with van der Waals surface area (Å²) in [5.74, 6) is -1.52. The number of aliphatic carboxylic acids is 1. The van der Waals surface area contributed by atoms with Crippen LogP contribution in [0.25, 0.3) is 0 Å². The second kappa shape index (κ2) is 25.5. The zero-order valence-electron chi connectivity index (χ0n) is 38.4. The summed E-state index contributed by atoms with van der Waals surface area (Å²) >= 11 is 0. The molecule has 0 aromatic heterocycles. The molecule has 2 aromatic rings. The van der Waals surface area contributed by atoms with Gasteiger partial charge in [-0.2, -0.15) is 4.58 Å². The monoisotopic (exact) mass is 994 g/mol. The lowest BCUT2D eigenvalue weighted by molar-refractivity contribution is -0.441. The first-order chi connectivity index (χ1) is 31.7. The molecule has 2 aromatic carbocycles. The number of ether oxygens (including phenoxy) is 5. The largest absolute Gasteiger partial charge is 0.748 e. The predicted molar refractivity (Wildman–Crippen MR) is 247 cm³/mol. The number of carboxylic acids is 1. The highest BCUT2D eigenvalue weighted by atomic mass is 32.2. The van der Waals surface area contributed by atoms with Crippen molar-refractivity contribution in [2.24, 2.45) is 0 Å². The third-order valence-electron chi connectivity index (χ3n) is 11.7. The van der Waals surface area contributed by atoms with Gasteiger partial charge in [-0.05, 0) is 87.9 Å². The Kier molecular flexibility index (Phi) is 21.1. The lowest BCUT2D eigenvalue weighted by Crippen LogP contribution is -2.32. The molecule has 4 rings (SSSR count). The van der Waals surface area contributed by atoms with Gasteiger partial charge in [0.05, 0.1) is 65.0 Å². The predicted octanol–water partition coefficient (Wildman–Crippen LogP) is 4.88. The number of rotatable bonds is 31. The molecular formula is C46H62N2O16S3-2. The maximum atomic E-state index is 12.2. The number of carbonyl (C=O) groups is 1. The molecule has 0 saturated carbocycles. The average molecular weight is 995 g/mol. The Morgan fingerprint density at radius 3 is 1.88 bits per heavy atom. The number of nitrogens with zero attached hydrogens (tertiary/aromatic N) is 2. The van der Waals surface area contributed by atoms with Gasteiger partial charge in [0.1, 0.15) is 26.8 Å². The van der Waals surface area contributed by atoms with Crippen molar-refractivity contribution in [3.8, 4) is 0 Å². The molecule has 0 fully saturated rings. The Bertz CT molecular complexity index is 2500. The molecule has 0 bridgehead atoms. The smallest absolute Gasteiger partial charge is 0.303 e. The first kappa shape index (κ1) is 55.5. The molecule has 0 amide bonds. The minimum Gasteiger partial charge on any atom is -0.748 e. The molecule has 2 unspecified atom stereocenters. The van der Waals surface area contributed by atoms with E-state index in [-0.39, 0.29) is 37.4 Å². The van der Waals surface area contributed by atoms with Crippen LogP contribution in [0.1, 0.15) is 69.9 Å². The number of allylic oxidation sites excluding steroid dienone is 8. The van der Waals surface area contributed by atoms with E-state index in [1.54, 1.807) is 50.5 Å². The molecule has 2 aliphatic heterocycles. The van der Waals surface area contributed by atoms with E-state index in [0.717, 1.165) is 5.70 Å². The maximum Gasteiger partial charge on any atom is 0.303 e. The van der Waals surface area contributed by atoms with Gasteiger partial charge < -0.3 is 47.3 Å². The lowest BCUT2D eigenvalue weighted by Gasteiger charge is -2.30. The van der Waals surface area contributed by atoms with Crippen LogP contribution in [0, 0.1) is 0 Å². The van der Waals surface area contributed by atoms with Gasteiger partial charge in [-0.15, -0.1) is 0 Å². The molecule has 2 aliphatic rings. The van der Waals surface area contributed by atoms with Gasteiger partial charge in [-0.25, -0.2) is 25.3 Å². The number of methoxy groups -OCH3 is 2. The average Bonchev–Trinajstić information content (AvgIpc) is 3.62. The third-order valence-corrected chi connectivity index (χ3v) is 14.2. The fraction of sp³-hybridized carbons (Fsp3) is 0.522. The van der Waals surface area contributed by atoms with Crippen LogP contribution >= 0.6 is 0 Å². The summed E-state index contributed by atoms with van der Waals surface area (Å²) < 4.78 is 137. The Morgan fingerprint density at radius 2 is 1.27 bits per heavy atom. The molecule has 372 valence electrons. The van der Waals surface area contributed by atoms with E-state index in [1.165, 1.54) is 37.4 Å². The number of unbranched alkanes of at least 4 members (excludes halogenated alkanes) is 2. The lowest BCUT2D eigenvalue weighted by atomic mass is 9.76. The van der Waals surface area contributed by atoms with Crippen LogP contribution < -0.4 is 4.90 Å². The number of benzene rings is 2. The maximum absolute atomic E-state index is 12.2. The highest BCUT2D eigenvalue weighted by Crippen LogP contribution is 2.51. The topological polar surface area (TPSA) is 261 Å². The van der Waals surface area contributed by atoms with Crippen LogP contribution in [-0.2, 0) is 69.7 Å². The molecule has 2 heterocycles. The van der Waals surface area contributed by atoms with Gasteiger partial charge in [0, 0.05) is 74.1 Å². The van der Waals surface area contributed by atoms with Gasteiger partial charge in [-0.1, -0.05) is 36.8 Å². The highest BCUT2D eigenvalue weighted by molar-refractivity contribution is 7.86. The second-order valence-corrected chi connectivity index (χ2v) is 20.7. The fourth-order valence-electron chi connectivity index (χ4n) is 8.34. The van der Waals surface area contributed by atoms with Gasteiger partial charge in [0.15, 0.2) is 12.3 Å². The third kappa shape index (κ3) is 16.0. The summed E-state index contributed by atoms with van der Waals surface area (Å²) in [6.07, 6.45) is 14.9. The number of carboxylic acid groups (broad SMARTS) is 1. The van der Waals surface area contributed by atoms with Crippen LogP contribution in [0.5, 0.6) is 0 Å². The standard InChI is InChI=1S/C46H64N2O16S3/c1-45(21-13-33-65(51,52)53)38-34-36(66(54,55)56)18-20-41(38)48(24-26-60-3)42(45)14-9-6-5-7-10-15-43-46(2,22-25-62-29-30-64-32-31-63-28-27-61-4)39-35-37(67(57,58)59)17-19-40(39)47(43)23-12-8-11-16-44(49)50/h5-7,9-10,14-15,17-20,34-35H,8,11-13,16,21-33H2,1-4H3,(H3-,49,50,51,52,53,54,55,56,57,58,59)/p-2. The SMILES string of the molecule is COCCOCCOCCOCCC1(C)C(=CC=CC=CC=CC2=[N+](CCOC)c3ccc(S(=O)(=O)[O-])cc3C2(C)CCCS(=O)(=O)[O-])N(CCCCCC(=O)O)c2ccc(S(=O)(=O)[O-])cc21. The van der Waals surface area contributed by atoms with Gasteiger partial charge in [0.2, 0.25) is 5.69 Å². The van der Waals surface area contributed by atoms with Gasteiger partial charge in [0.25, 0.3) is 0 Å². The summed E-state index contributed by atoms with van der Waals surface area (Å²) in [5, 5.41) is 9.18. The van der Waals surface area contributed by atoms with Crippen LogP contribution in [-0.4, -0.2) is 146 Å². The van der Waals surface area contributed by atoms with E-state index in [0.29, 0.717) is 107 Å². The summed E-state index contributed by atoms with van der Waals surface area (Å²) in [6.45, 7) is 7.46. The molecule has 1 N–H and O–H groups in total. The van der Waals surface area contributed by atoms with Crippen molar-refractivity contribution in [1.82, 2.24) is 0 Å². The molecule has 67 heavy (non-hydrogen) atoms. The van der Waals surface area contributed by atoms with Crippen molar-refractivity contribution >= 4 is 53.4 Å². The summed E-state index contributed by atoms with van der Waals surface area (Å²) in [5.41, 5.74) is 2.08. The van der Waals surface area contributed by atoms with Gasteiger partial charge >= 0.3 is 5.97 Å². The van der Waals surface area contributed by atoms with Crippen LogP contribution in [0.4, 0.5) is 11.4 Å². The van der Waals surface area contributed by atoms with E-state index in [4.69, 9.17) is 23.7 Å². The molecule has 0 spiro atoms. The van der Waals surface area contributed by atoms with Crippen molar-refractivity contribution < 1.29 is 77.1 Å². The molecule has 18 nitrogen and oxygen atoms in total. The molecular weight excluding hydrogens is 933 g/mol. The normalized spacial score (nSPS) is 19.5. The Hall–Kier alpha value is -4.13. The zero-order valence-corrected chi connectivity index (χ0v) is 40.9. The van der Waals surface area contributed by atoms with E-state index in [1.807, 2.05) is 23.7 Å². The number of hydrogen-bond acceptors (Lipinski definition) is 16. The van der Waals surface area contributed by atoms with Crippen LogP contribution in [0.15, 0.2) is 94.4 Å². The first-order valence-corrected chi connectivity index (χ1v) is 26.3.